The predicted octanol–water partition coefficient (Wildman–Crippen LogP) is 2.69. The summed E-state index contributed by atoms with van der Waals surface area (Å²) < 4.78 is 0. The van der Waals surface area contributed by atoms with E-state index in [1.807, 2.05) is 36.6 Å². The van der Waals surface area contributed by atoms with Gasteiger partial charge in [-0.2, -0.15) is 11.8 Å². The van der Waals surface area contributed by atoms with Crippen molar-refractivity contribution in [3.8, 4) is 0 Å². The minimum absolute atomic E-state index is 0.0559. The SMILES string of the molecule is CSC[C@@H](NC(=O)c1ccc2[nH]c(=O)[nH]c2c1)c1ccccc1. The van der Waals surface area contributed by atoms with Crippen LogP contribution >= 0.6 is 11.8 Å². The van der Waals surface area contributed by atoms with E-state index in [1.54, 1.807) is 30.0 Å². The number of benzene rings is 2. The van der Waals surface area contributed by atoms with Crippen molar-refractivity contribution in [2.75, 3.05) is 12.0 Å². The van der Waals surface area contributed by atoms with Crippen LogP contribution in [0.1, 0.15) is 22.0 Å². The van der Waals surface area contributed by atoms with E-state index >= 15 is 0 Å². The zero-order valence-electron chi connectivity index (χ0n) is 12.6. The third-order valence-electron chi connectivity index (χ3n) is 3.62. The Hall–Kier alpha value is -2.47. The Morgan fingerprint density at radius 3 is 2.61 bits per heavy atom. The van der Waals surface area contributed by atoms with Crippen LogP contribution in [-0.4, -0.2) is 27.9 Å². The molecule has 0 aliphatic heterocycles. The van der Waals surface area contributed by atoms with Gasteiger partial charge in [0.1, 0.15) is 0 Å². The smallest absolute Gasteiger partial charge is 0.323 e. The molecule has 6 heteroatoms. The second-order valence-corrected chi connectivity index (χ2v) is 6.14. The van der Waals surface area contributed by atoms with Gasteiger partial charge in [0.2, 0.25) is 0 Å². The van der Waals surface area contributed by atoms with Crippen molar-refractivity contribution in [1.82, 2.24) is 15.3 Å². The van der Waals surface area contributed by atoms with E-state index in [1.165, 1.54) is 0 Å². The summed E-state index contributed by atoms with van der Waals surface area (Å²) in [5.74, 6) is 0.635. The van der Waals surface area contributed by atoms with Gasteiger partial charge in [0.25, 0.3) is 5.91 Å². The Kier molecular flexibility index (Phi) is 4.52. The molecule has 1 aromatic heterocycles. The molecule has 0 unspecified atom stereocenters. The number of aromatic nitrogens is 2. The fourth-order valence-electron chi connectivity index (χ4n) is 2.49. The first-order valence-corrected chi connectivity index (χ1v) is 8.63. The molecule has 0 bridgehead atoms. The quantitative estimate of drug-likeness (QED) is 0.674. The Morgan fingerprint density at radius 1 is 1.13 bits per heavy atom. The van der Waals surface area contributed by atoms with Crippen LogP contribution in [0.15, 0.2) is 53.3 Å². The molecule has 1 atom stereocenters. The van der Waals surface area contributed by atoms with Crippen molar-refractivity contribution in [1.29, 1.82) is 0 Å². The predicted molar refractivity (Wildman–Crippen MR) is 94.0 cm³/mol. The van der Waals surface area contributed by atoms with E-state index in [4.69, 9.17) is 0 Å². The first-order valence-electron chi connectivity index (χ1n) is 7.24. The van der Waals surface area contributed by atoms with Crippen molar-refractivity contribution < 1.29 is 4.79 Å². The first kappa shape index (κ1) is 15.4. The standard InChI is InChI=1S/C17H17N3O2S/c1-23-10-15(11-5-3-2-4-6-11)18-16(21)12-7-8-13-14(9-12)20-17(22)19-13/h2-9,15H,10H2,1H3,(H,18,21)(H2,19,20,22)/t15-/m1/s1. The van der Waals surface area contributed by atoms with Gasteiger partial charge in [0.05, 0.1) is 17.1 Å². The van der Waals surface area contributed by atoms with Crippen LogP contribution in [0.5, 0.6) is 0 Å². The second kappa shape index (κ2) is 6.75. The Labute approximate surface area is 137 Å². The number of carbonyl (C=O) groups excluding carboxylic acids is 1. The second-order valence-electron chi connectivity index (χ2n) is 5.23. The number of H-pyrrole nitrogens is 2. The van der Waals surface area contributed by atoms with Gasteiger partial charge in [-0.05, 0) is 30.0 Å². The number of rotatable bonds is 5. The first-order chi connectivity index (χ1) is 11.2. The average Bonchev–Trinajstić information content (AvgIpc) is 2.94. The molecule has 3 rings (SSSR count). The van der Waals surface area contributed by atoms with E-state index in [0.29, 0.717) is 16.6 Å². The molecule has 0 fully saturated rings. The molecule has 0 radical (unpaired) electrons. The summed E-state index contributed by atoms with van der Waals surface area (Å²) in [6.07, 6.45) is 2.01. The molecule has 2 aromatic carbocycles. The normalized spacial score (nSPS) is 12.2. The molecule has 0 spiro atoms. The lowest BCUT2D eigenvalue weighted by atomic mass is 10.1. The molecule has 1 heterocycles. The molecule has 0 saturated heterocycles. The molecule has 3 N–H and O–H groups in total. The van der Waals surface area contributed by atoms with Gasteiger partial charge in [-0.15, -0.1) is 0 Å². The minimum atomic E-state index is -0.276. The van der Waals surface area contributed by atoms with Crippen LogP contribution in [0.4, 0.5) is 0 Å². The maximum absolute atomic E-state index is 12.5. The molecular formula is C17H17N3O2S. The lowest BCUT2D eigenvalue weighted by Crippen LogP contribution is -2.30. The zero-order chi connectivity index (χ0) is 16.2. The highest BCUT2D eigenvalue weighted by atomic mass is 32.2. The number of hydrogen-bond acceptors (Lipinski definition) is 3. The minimum Gasteiger partial charge on any atom is -0.344 e. The van der Waals surface area contributed by atoms with Gasteiger partial charge in [0, 0.05) is 11.3 Å². The largest absolute Gasteiger partial charge is 0.344 e. The van der Waals surface area contributed by atoms with E-state index in [0.717, 1.165) is 11.3 Å². The lowest BCUT2D eigenvalue weighted by molar-refractivity contribution is 0.0940. The third kappa shape index (κ3) is 3.48. The van der Waals surface area contributed by atoms with Crippen LogP contribution in [0, 0.1) is 0 Å². The number of imidazole rings is 1. The fourth-order valence-corrected chi connectivity index (χ4v) is 3.10. The number of amides is 1. The van der Waals surface area contributed by atoms with E-state index in [-0.39, 0.29) is 17.6 Å². The lowest BCUT2D eigenvalue weighted by Gasteiger charge is -2.18. The molecule has 0 aliphatic carbocycles. The summed E-state index contributed by atoms with van der Waals surface area (Å²) >= 11 is 1.68. The molecule has 0 aliphatic rings. The Bertz CT molecular complexity index is 870. The van der Waals surface area contributed by atoms with Crippen molar-refractivity contribution >= 4 is 28.7 Å². The number of carbonyl (C=O) groups is 1. The molecule has 0 saturated carbocycles. The summed E-state index contributed by atoms with van der Waals surface area (Å²) in [5.41, 5.74) is 2.64. The molecule has 1 amide bonds. The van der Waals surface area contributed by atoms with Crippen molar-refractivity contribution in [3.05, 3.63) is 70.1 Å². The number of aromatic amines is 2. The van der Waals surface area contributed by atoms with Crippen molar-refractivity contribution in [3.63, 3.8) is 0 Å². The highest BCUT2D eigenvalue weighted by Gasteiger charge is 2.15. The van der Waals surface area contributed by atoms with E-state index in [9.17, 15) is 9.59 Å². The zero-order valence-corrected chi connectivity index (χ0v) is 13.4. The summed E-state index contributed by atoms with van der Waals surface area (Å²) in [6, 6.07) is 15.0. The number of nitrogens with one attached hydrogen (secondary N) is 3. The van der Waals surface area contributed by atoms with Crippen LogP contribution in [-0.2, 0) is 0 Å². The van der Waals surface area contributed by atoms with Crippen molar-refractivity contribution in [2.24, 2.45) is 0 Å². The van der Waals surface area contributed by atoms with Gasteiger partial charge in [-0.3, -0.25) is 4.79 Å². The van der Waals surface area contributed by atoms with Gasteiger partial charge >= 0.3 is 5.69 Å². The highest BCUT2D eigenvalue weighted by molar-refractivity contribution is 7.98. The van der Waals surface area contributed by atoms with Gasteiger partial charge in [-0.1, -0.05) is 30.3 Å². The molecule has 118 valence electrons. The number of thioether (sulfide) groups is 1. The summed E-state index contributed by atoms with van der Waals surface area (Å²) in [7, 11) is 0. The van der Waals surface area contributed by atoms with Crippen LogP contribution < -0.4 is 11.0 Å². The van der Waals surface area contributed by atoms with Crippen LogP contribution in [0.25, 0.3) is 11.0 Å². The topological polar surface area (TPSA) is 77.8 Å². The summed E-state index contributed by atoms with van der Waals surface area (Å²) in [4.78, 5) is 29.2. The van der Waals surface area contributed by atoms with Crippen molar-refractivity contribution in [2.45, 2.75) is 6.04 Å². The molecular weight excluding hydrogens is 310 g/mol. The number of hydrogen-bond donors (Lipinski definition) is 3. The van der Waals surface area contributed by atoms with E-state index < -0.39 is 0 Å². The van der Waals surface area contributed by atoms with Crippen LogP contribution in [0.2, 0.25) is 0 Å². The molecule has 5 nitrogen and oxygen atoms in total. The van der Waals surface area contributed by atoms with Gasteiger partial charge in [-0.25, -0.2) is 4.79 Å². The Morgan fingerprint density at radius 2 is 1.87 bits per heavy atom. The average molecular weight is 327 g/mol. The van der Waals surface area contributed by atoms with E-state index in [2.05, 4.69) is 15.3 Å². The monoisotopic (exact) mass is 327 g/mol. The van der Waals surface area contributed by atoms with Gasteiger partial charge in [0.15, 0.2) is 0 Å². The summed E-state index contributed by atoms with van der Waals surface area (Å²) in [5, 5.41) is 3.06. The molecule has 3 aromatic rings. The fraction of sp³-hybridized carbons (Fsp3) is 0.176. The summed E-state index contributed by atoms with van der Waals surface area (Å²) in [6.45, 7) is 0. The highest BCUT2D eigenvalue weighted by Crippen LogP contribution is 2.18. The van der Waals surface area contributed by atoms with Crippen LogP contribution in [0.3, 0.4) is 0 Å². The Balaban J connectivity index is 1.83. The molecule has 23 heavy (non-hydrogen) atoms. The maximum atomic E-state index is 12.5. The number of fused-ring (bicyclic) bond motifs is 1. The van der Waals surface area contributed by atoms with Gasteiger partial charge < -0.3 is 15.3 Å². The maximum Gasteiger partial charge on any atom is 0.323 e. The third-order valence-corrected chi connectivity index (χ3v) is 4.29.